The Hall–Kier alpha value is -2.66. The minimum Gasteiger partial charge on any atom is -0.497 e. The zero-order valence-corrected chi connectivity index (χ0v) is 16.1. The fourth-order valence-electron chi connectivity index (χ4n) is 2.65. The van der Waals surface area contributed by atoms with E-state index in [0.29, 0.717) is 18.9 Å². The lowest BCUT2D eigenvalue weighted by atomic mass is 10.1. The van der Waals surface area contributed by atoms with E-state index in [0.717, 1.165) is 22.6 Å². The molecule has 0 unspecified atom stereocenters. The largest absolute Gasteiger partial charge is 0.497 e. The maximum atomic E-state index is 11.9. The van der Waals surface area contributed by atoms with Gasteiger partial charge in [0.15, 0.2) is 0 Å². The molecule has 3 rings (SSSR count). The Morgan fingerprint density at radius 1 is 0.963 bits per heavy atom. The van der Waals surface area contributed by atoms with Crippen LogP contribution in [-0.4, -0.2) is 31.9 Å². The highest BCUT2D eigenvalue weighted by atomic mass is 32.2. The van der Waals surface area contributed by atoms with Crippen LogP contribution >= 0.6 is 11.8 Å². The first-order valence-corrected chi connectivity index (χ1v) is 9.99. The van der Waals surface area contributed by atoms with Gasteiger partial charge in [-0.1, -0.05) is 42.5 Å². The molecule has 1 N–H and O–H groups in total. The first-order valence-electron chi connectivity index (χ1n) is 8.83. The van der Waals surface area contributed by atoms with Crippen molar-refractivity contribution < 1.29 is 14.3 Å². The van der Waals surface area contributed by atoms with Crippen LogP contribution in [0.2, 0.25) is 0 Å². The van der Waals surface area contributed by atoms with Crippen molar-refractivity contribution in [3.63, 3.8) is 0 Å². The van der Waals surface area contributed by atoms with E-state index >= 15 is 0 Å². The van der Waals surface area contributed by atoms with Gasteiger partial charge in [-0.05, 0) is 40.6 Å². The smallest absolute Gasteiger partial charge is 0.230 e. The molecule has 1 amide bonds. The number of nitrogens with one attached hydrogen (secondary N) is 1. The molecule has 140 valence electrons. The van der Waals surface area contributed by atoms with Gasteiger partial charge in [-0.3, -0.25) is 4.79 Å². The zero-order chi connectivity index (χ0) is 18.9. The van der Waals surface area contributed by atoms with E-state index in [2.05, 4.69) is 17.4 Å². The summed E-state index contributed by atoms with van der Waals surface area (Å²) in [4.78, 5) is 11.9. The number of hydrogen-bond acceptors (Lipinski definition) is 4. The molecular formula is C22H23NO3S. The lowest BCUT2D eigenvalue weighted by Crippen LogP contribution is -2.29. The predicted octanol–water partition coefficient (Wildman–Crippen LogP) is 4.28. The van der Waals surface area contributed by atoms with Crippen LogP contribution < -0.4 is 14.8 Å². The molecule has 27 heavy (non-hydrogen) atoms. The van der Waals surface area contributed by atoms with Crippen LogP contribution in [0, 0.1) is 0 Å². The quantitative estimate of drug-likeness (QED) is 0.562. The molecule has 0 spiro atoms. The van der Waals surface area contributed by atoms with Gasteiger partial charge in [0.25, 0.3) is 0 Å². The molecule has 0 saturated carbocycles. The second-order valence-corrected chi connectivity index (χ2v) is 7.03. The van der Waals surface area contributed by atoms with E-state index in [9.17, 15) is 4.79 Å². The summed E-state index contributed by atoms with van der Waals surface area (Å²) in [5.74, 6) is 2.91. The molecule has 0 aliphatic carbocycles. The molecule has 0 aliphatic heterocycles. The van der Waals surface area contributed by atoms with Crippen molar-refractivity contribution >= 4 is 28.4 Å². The lowest BCUT2D eigenvalue weighted by Gasteiger charge is -2.09. The summed E-state index contributed by atoms with van der Waals surface area (Å²) < 4.78 is 10.9. The molecule has 3 aromatic rings. The number of amides is 1. The molecule has 0 fully saturated rings. The van der Waals surface area contributed by atoms with Crippen LogP contribution in [0.1, 0.15) is 5.56 Å². The first-order chi connectivity index (χ1) is 13.2. The summed E-state index contributed by atoms with van der Waals surface area (Å²) in [5.41, 5.74) is 1.17. The Morgan fingerprint density at radius 2 is 1.70 bits per heavy atom. The first kappa shape index (κ1) is 19.1. The molecule has 0 atom stereocenters. The highest BCUT2D eigenvalue weighted by Gasteiger charge is 2.03. The van der Waals surface area contributed by atoms with Gasteiger partial charge in [-0.15, -0.1) is 11.8 Å². The van der Waals surface area contributed by atoms with Crippen molar-refractivity contribution in [1.82, 2.24) is 5.32 Å². The minimum atomic E-state index is 0.0237. The lowest BCUT2D eigenvalue weighted by molar-refractivity contribution is -0.118. The molecule has 0 bridgehead atoms. The third-order valence-corrected chi connectivity index (χ3v) is 5.08. The third-order valence-electron chi connectivity index (χ3n) is 4.07. The van der Waals surface area contributed by atoms with Crippen molar-refractivity contribution in [2.24, 2.45) is 0 Å². The topological polar surface area (TPSA) is 47.6 Å². The summed E-state index contributed by atoms with van der Waals surface area (Å²) in [5, 5.41) is 5.22. The number of methoxy groups -OCH3 is 1. The Bertz CT molecular complexity index is 880. The fourth-order valence-corrected chi connectivity index (χ4v) is 3.47. The standard InChI is InChI=1S/C22H23NO3S/c1-25-20-9-6-17(7-10-20)15-27-16-22(24)23-12-13-26-21-11-8-18-4-2-3-5-19(18)14-21/h2-11,14H,12-13,15-16H2,1H3,(H,23,24). The van der Waals surface area contributed by atoms with Gasteiger partial charge in [0, 0.05) is 5.75 Å². The monoisotopic (exact) mass is 381 g/mol. The average molecular weight is 381 g/mol. The fraction of sp³-hybridized carbons (Fsp3) is 0.227. The van der Waals surface area contributed by atoms with E-state index < -0.39 is 0 Å². The van der Waals surface area contributed by atoms with Gasteiger partial charge < -0.3 is 14.8 Å². The van der Waals surface area contributed by atoms with Crippen molar-refractivity contribution in [2.75, 3.05) is 26.0 Å². The number of hydrogen-bond donors (Lipinski definition) is 1. The maximum Gasteiger partial charge on any atom is 0.230 e. The number of benzene rings is 3. The van der Waals surface area contributed by atoms with Crippen molar-refractivity contribution in [3.8, 4) is 11.5 Å². The van der Waals surface area contributed by atoms with E-state index in [1.54, 1.807) is 18.9 Å². The van der Waals surface area contributed by atoms with Crippen molar-refractivity contribution in [2.45, 2.75) is 5.75 Å². The Kier molecular flexibility index (Phi) is 6.99. The van der Waals surface area contributed by atoms with Crippen molar-refractivity contribution in [1.29, 1.82) is 0 Å². The number of fused-ring (bicyclic) bond motifs is 1. The summed E-state index contributed by atoms with van der Waals surface area (Å²) in [6.07, 6.45) is 0. The predicted molar refractivity (Wildman–Crippen MR) is 112 cm³/mol. The van der Waals surface area contributed by atoms with Crippen LogP contribution in [0.4, 0.5) is 0 Å². The van der Waals surface area contributed by atoms with Gasteiger partial charge in [0.1, 0.15) is 18.1 Å². The van der Waals surface area contributed by atoms with Crippen molar-refractivity contribution in [3.05, 3.63) is 72.3 Å². The average Bonchev–Trinajstić information content (AvgIpc) is 2.71. The number of ether oxygens (including phenoxy) is 2. The summed E-state index contributed by atoms with van der Waals surface area (Å²) in [6, 6.07) is 22.1. The molecular weight excluding hydrogens is 358 g/mol. The summed E-state index contributed by atoms with van der Waals surface area (Å²) in [6.45, 7) is 0.946. The van der Waals surface area contributed by atoms with E-state index in [1.165, 1.54) is 10.9 Å². The highest BCUT2D eigenvalue weighted by Crippen LogP contribution is 2.20. The molecule has 3 aromatic carbocycles. The molecule has 0 radical (unpaired) electrons. The molecule has 0 aromatic heterocycles. The maximum absolute atomic E-state index is 11.9. The van der Waals surface area contributed by atoms with Gasteiger partial charge in [-0.25, -0.2) is 0 Å². The molecule has 4 nitrogen and oxygen atoms in total. The number of carbonyl (C=O) groups excluding carboxylic acids is 1. The third kappa shape index (κ3) is 5.93. The zero-order valence-electron chi connectivity index (χ0n) is 15.3. The molecule has 0 heterocycles. The second kappa shape index (κ2) is 9.88. The summed E-state index contributed by atoms with van der Waals surface area (Å²) >= 11 is 1.59. The number of carbonyl (C=O) groups is 1. The van der Waals surface area contributed by atoms with Gasteiger partial charge in [-0.2, -0.15) is 0 Å². The number of thioether (sulfide) groups is 1. The normalized spacial score (nSPS) is 10.6. The Labute approximate surface area is 163 Å². The Balaban J connectivity index is 1.32. The number of rotatable bonds is 9. The van der Waals surface area contributed by atoms with E-state index in [4.69, 9.17) is 9.47 Å². The summed E-state index contributed by atoms with van der Waals surface area (Å²) in [7, 11) is 1.65. The molecule has 5 heteroatoms. The van der Waals surface area contributed by atoms with Crippen LogP contribution in [0.5, 0.6) is 11.5 Å². The molecule has 0 aliphatic rings. The second-order valence-electron chi connectivity index (χ2n) is 6.05. The van der Waals surface area contributed by atoms with Crippen LogP contribution in [0.15, 0.2) is 66.7 Å². The van der Waals surface area contributed by atoms with Gasteiger partial charge in [0.05, 0.1) is 19.4 Å². The molecule has 0 saturated heterocycles. The van der Waals surface area contributed by atoms with Crippen LogP contribution in [0.25, 0.3) is 10.8 Å². The highest BCUT2D eigenvalue weighted by molar-refractivity contribution is 7.99. The SMILES string of the molecule is COc1ccc(CSCC(=O)NCCOc2ccc3ccccc3c2)cc1. The van der Waals surface area contributed by atoms with Crippen LogP contribution in [0.3, 0.4) is 0 Å². The van der Waals surface area contributed by atoms with Gasteiger partial charge in [0.2, 0.25) is 5.91 Å². The van der Waals surface area contributed by atoms with Crippen LogP contribution in [-0.2, 0) is 10.5 Å². The van der Waals surface area contributed by atoms with E-state index in [-0.39, 0.29) is 5.91 Å². The Morgan fingerprint density at radius 3 is 2.48 bits per heavy atom. The minimum absolute atomic E-state index is 0.0237. The van der Waals surface area contributed by atoms with Gasteiger partial charge >= 0.3 is 0 Å². The van der Waals surface area contributed by atoms with E-state index in [1.807, 2.05) is 54.6 Å².